The summed E-state index contributed by atoms with van der Waals surface area (Å²) in [6.45, 7) is 4.47. The number of rotatable bonds is 11. The summed E-state index contributed by atoms with van der Waals surface area (Å²) in [5.74, 6) is -0.438. The van der Waals surface area contributed by atoms with Gasteiger partial charge in [0.2, 0.25) is 0 Å². The van der Waals surface area contributed by atoms with Gasteiger partial charge in [-0.2, -0.15) is 8.42 Å². The van der Waals surface area contributed by atoms with Crippen molar-refractivity contribution in [3.05, 3.63) is 96.6 Å². The second-order valence-corrected chi connectivity index (χ2v) is 10.9. The Morgan fingerprint density at radius 1 is 1.00 bits per heavy atom. The van der Waals surface area contributed by atoms with Crippen LogP contribution in [0.5, 0.6) is 0 Å². The molecule has 0 atom stereocenters. The van der Waals surface area contributed by atoms with Gasteiger partial charge in [0.15, 0.2) is 0 Å². The predicted molar refractivity (Wildman–Crippen MR) is 151 cm³/mol. The van der Waals surface area contributed by atoms with Crippen LogP contribution in [0, 0.1) is 5.82 Å². The fourth-order valence-corrected chi connectivity index (χ4v) is 5.68. The van der Waals surface area contributed by atoms with E-state index in [1.54, 1.807) is 18.2 Å². The summed E-state index contributed by atoms with van der Waals surface area (Å²) in [4.78, 5) is 26.3. The number of morpholine rings is 1. The Kier molecular flexibility index (Phi) is 8.82. The number of hydrogen-bond acceptors (Lipinski definition) is 9. The van der Waals surface area contributed by atoms with Gasteiger partial charge in [-0.05, 0) is 48.4 Å². The Morgan fingerprint density at radius 2 is 1.73 bits per heavy atom. The van der Waals surface area contributed by atoms with Crippen LogP contribution in [0.2, 0.25) is 0 Å². The number of benzene rings is 3. The summed E-state index contributed by atoms with van der Waals surface area (Å²) in [6, 6.07) is 20.9. The molecule has 10 nitrogen and oxygen atoms in total. The number of halogens is 1. The summed E-state index contributed by atoms with van der Waals surface area (Å²) in [5.41, 5.74) is 3.52. The van der Waals surface area contributed by atoms with Gasteiger partial charge in [-0.25, -0.2) is 14.4 Å². The quantitative estimate of drug-likeness (QED) is 0.207. The van der Waals surface area contributed by atoms with Gasteiger partial charge in [0.1, 0.15) is 22.9 Å². The highest BCUT2D eigenvalue weighted by molar-refractivity contribution is 7.92. The molecule has 212 valence electrons. The minimum absolute atomic E-state index is 0.00277. The summed E-state index contributed by atoms with van der Waals surface area (Å²) >= 11 is 0. The second-order valence-electron chi connectivity index (χ2n) is 9.23. The normalized spacial score (nSPS) is 13.9. The number of nitrogens with one attached hydrogen (secondary N) is 1. The Balaban J connectivity index is 1.26. The Bertz CT molecular complexity index is 1580. The molecule has 0 spiro atoms. The smallest absolute Gasteiger partial charge is 0.322 e. The Hall–Kier alpha value is -4.39. The standard InChI is InChI=1S/C29H28FN5O5S/c30-26-3-1-2-4-28(26)41(37,38)35(40-21-36)25-11-9-24(10-12-25)33-29-19-27(31-20-32-29)23-7-5-22(6-8-23)13-14-34-15-17-39-18-16-34/h1-12,19-21H,13-18H2,(H,31,32,33). The van der Waals surface area contributed by atoms with Gasteiger partial charge in [0, 0.05) is 37.0 Å². The molecule has 1 aliphatic heterocycles. The molecule has 0 aliphatic carbocycles. The van der Waals surface area contributed by atoms with Gasteiger partial charge in [0.05, 0.1) is 24.6 Å². The van der Waals surface area contributed by atoms with Crippen LogP contribution < -0.4 is 9.79 Å². The van der Waals surface area contributed by atoms with Crippen LogP contribution in [0.3, 0.4) is 0 Å². The topological polar surface area (TPSA) is 114 Å². The van der Waals surface area contributed by atoms with E-state index in [0.717, 1.165) is 62.7 Å². The van der Waals surface area contributed by atoms with Crippen LogP contribution in [-0.4, -0.2) is 62.6 Å². The number of hydrogen-bond donors (Lipinski definition) is 1. The van der Waals surface area contributed by atoms with Crippen LogP contribution in [-0.2, 0) is 30.8 Å². The maximum absolute atomic E-state index is 14.2. The van der Waals surface area contributed by atoms with Crippen molar-refractivity contribution in [3.63, 3.8) is 0 Å². The highest BCUT2D eigenvalue weighted by atomic mass is 32.2. The average molecular weight is 578 g/mol. The third-order valence-corrected chi connectivity index (χ3v) is 8.18. The molecule has 41 heavy (non-hydrogen) atoms. The van der Waals surface area contributed by atoms with Gasteiger partial charge in [-0.1, -0.05) is 40.9 Å². The monoisotopic (exact) mass is 577 g/mol. The SMILES string of the molecule is O=CON(c1ccc(Nc2cc(-c3ccc(CCN4CCOCC4)cc3)ncn2)cc1)S(=O)(=O)c1ccccc1F. The molecule has 4 aromatic rings. The molecule has 2 heterocycles. The molecule has 1 fully saturated rings. The maximum atomic E-state index is 14.2. The molecule has 1 saturated heterocycles. The van der Waals surface area contributed by atoms with E-state index < -0.39 is 20.7 Å². The lowest BCUT2D eigenvalue weighted by Gasteiger charge is -2.26. The molecule has 0 bridgehead atoms. The molecule has 1 aliphatic rings. The zero-order chi connectivity index (χ0) is 28.7. The van der Waals surface area contributed by atoms with E-state index in [1.165, 1.54) is 36.2 Å². The van der Waals surface area contributed by atoms with Gasteiger partial charge >= 0.3 is 6.47 Å². The molecule has 1 aromatic heterocycles. The molecule has 0 amide bonds. The molecular formula is C29H28FN5O5S. The van der Waals surface area contributed by atoms with Crippen LogP contribution in [0.25, 0.3) is 11.3 Å². The first-order valence-electron chi connectivity index (χ1n) is 12.9. The third kappa shape index (κ3) is 6.85. The first-order chi connectivity index (χ1) is 19.9. The number of carbonyl (C=O) groups excluding carboxylic acids is 1. The van der Waals surface area contributed by atoms with Crippen molar-refractivity contribution in [2.75, 3.05) is 42.6 Å². The molecule has 0 unspecified atom stereocenters. The van der Waals surface area contributed by atoms with Crippen molar-refractivity contribution in [2.45, 2.75) is 11.3 Å². The molecule has 5 rings (SSSR count). The van der Waals surface area contributed by atoms with E-state index in [1.807, 2.05) is 12.1 Å². The van der Waals surface area contributed by atoms with Gasteiger partial charge in [-0.3, -0.25) is 9.69 Å². The maximum Gasteiger partial charge on any atom is 0.322 e. The summed E-state index contributed by atoms with van der Waals surface area (Å²) in [5, 5.41) is 3.15. The van der Waals surface area contributed by atoms with Crippen LogP contribution in [0.15, 0.2) is 90.1 Å². The number of carbonyl (C=O) groups is 1. The van der Waals surface area contributed by atoms with Crippen LogP contribution in [0.4, 0.5) is 21.6 Å². The third-order valence-electron chi connectivity index (χ3n) is 6.56. The number of nitrogens with zero attached hydrogens (tertiary/aromatic N) is 4. The number of aromatic nitrogens is 2. The highest BCUT2D eigenvalue weighted by Crippen LogP contribution is 2.28. The molecule has 12 heteroatoms. The molecular weight excluding hydrogens is 549 g/mol. The summed E-state index contributed by atoms with van der Waals surface area (Å²) in [6.07, 6.45) is 2.42. The van der Waals surface area contributed by atoms with Gasteiger partial charge in [0.25, 0.3) is 10.0 Å². The van der Waals surface area contributed by atoms with Crippen molar-refractivity contribution < 1.29 is 27.2 Å². The lowest BCUT2D eigenvalue weighted by molar-refractivity contribution is -0.128. The van der Waals surface area contributed by atoms with Crippen molar-refractivity contribution in [1.29, 1.82) is 0 Å². The zero-order valence-electron chi connectivity index (χ0n) is 22.0. The lowest BCUT2D eigenvalue weighted by atomic mass is 10.1. The largest absolute Gasteiger partial charge is 0.379 e. The first-order valence-corrected chi connectivity index (χ1v) is 14.4. The Morgan fingerprint density at radius 3 is 2.44 bits per heavy atom. The molecule has 1 N–H and O–H groups in total. The number of ether oxygens (including phenoxy) is 1. The van der Waals surface area contributed by atoms with Crippen molar-refractivity contribution >= 4 is 33.7 Å². The predicted octanol–water partition coefficient (Wildman–Crippen LogP) is 4.18. The average Bonchev–Trinajstić information content (AvgIpc) is 3.00. The van der Waals surface area contributed by atoms with E-state index in [9.17, 15) is 17.6 Å². The van der Waals surface area contributed by atoms with E-state index in [4.69, 9.17) is 9.57 Å². The van der Waals surface area contributed by atoms with Gasteiger partial charge in [-0.15, -0.1) is 0 Å². The fourth-order valence-electron chi connectivity index (χ4n) is 4.39. The van der Waals surface area contributed by atoms with Crippen LogP contribution in [0.1, 0.15) is 5.56 Å². The molecule has 3 aromatic carbocycles. The lowest BCUT2D eigenvalue weighted by Crippen LogP contribution is -2.37. The van der Waals surface area contributed by atoms with Gasteiger partial charge < -0.3 is 14.9 Å². The fraction of sp³-hybridized carbons (Fsp3) is 0.207. The highest BCUT2D eigenvalue weighted by Gasteiger charge is 2.29. The van der Waals surface area contributed by atoms with E-state index in [2.05, 4.69) is 32.3 Å². The van der Waals surface area contributed by atoms with Crippen LogP contribution >= 0.6 is 0 Å². The van der Waals surface area contributed by atoms with E-state index in [0.29, 0.717) is 16.0 Å². The second kappa shape index (κ2) is 12.9. The van der Waals surface area contributed by atoms with Crippen molar-refractivity contribution in [3.8, 4) is 11.3 Å². The van der Waals surface area contributed by atoms with Crippen molar-refractivity contribution in [1.82, 2.24) is 14.9 Å². The molecule has 0 radical (unpaired) electrons. The van der Waals surface area contributed by atoms with E-state index in [-0.39, 0.29) is 12.2 Å². The molecule has 0 saturated carbocycles. The number of sulfonamides is 1. The summed E-state index contributed by atoms with van der Waals surface area (Å²) in [7, 11) is -4.51. The van der Waals surface area contributed by atoms with E-state index >= 15 is 0 Å². The minimum Gasteiger partial charge on any atom is -0.379 e. The summed E-state index contributed by atoms with van der Waals surface area (Å²) < 4.78 is 46.0. The number of anilines is 3. The Labute approximate surface area is 237 Å². The van der Waals surface area contributed by atoms with Crippen molar-refractivity contribution in [2.24, 2.45) is 0 Å². The zero-order valence-corrected chi connectivity index (χ0v) is 22.8. The first kappa shape index (κ1) is 28.1. The minimum atomic E-state index is -4.51.